The summed E-state index contributed by atoms with van der Waals surface area (Å²) in [6, 6.07) is 12.3. The van der Waals surface area contributed by atoms with Gasteiger partial charge in [-0.05, 0) is 30.3 Å². The number of hydrogen-bond donors (Lipinski definition) is 1. The monoisotopic (exact) mass is 325 g/mol. The summed E-state index contributed by atoms with van der Waals surface area (Å²) in [5.74, 6) is 1.16. The van der Waals surface area contributed by atoms with E-state index in [-0.39, 0.29) is 0 Å². The summed E-state index contributed by atoms with van der Waals surface area (Å²) in [6.45, 7) is 0.654. The van der Waals surface area contributed by atoms with Crippen molar-refractivity contribution < 1.29 is 14.7 Å². The molecule has 2 aromatic carbocycles. The molecule has 0 saturated heterocycles. The average Bonchev–Trinajstić information content (AvgIpc) is 2.47. The molecule has 0 unspecified atom stereocenters. The molecule has 0 saturated carbocycles. The zero-order chi connectivity index (χ0) is 15.1. The van der Waals surface area contributed by atoms with Gasteiger partial charge < -0.3 is 14.7 Å². The molecule has 1 N–H and O–H groups in total. The molecule has 0 radical (unpaired) electrons. The first-order valence-electron chi connectivity index (χ1n) is 6.18. The number of oxime groups is 1. The van der Waals surface area contributed by atoms with Crippen molar-refractivity contribution in [3.8, 4) is 11.5 Å². The van der Waals surface area contributed by atoms with Crippen molar-refractivity contribution in [2.45, 2.75) is 0 Å². The summed E-state index contributed by atoms with van der Waals surface area (Å²) in [7, 11) is 0. The van der Waals surface area contributed by atoms with Gasteiger partial charge in [0.15, 0.2) is 0 Å². The second-order valence-electron chi connectivity index (χ2n) is 4.05. The zero-order valence-corrected chi connectivity index (χ0v) is 12.5. The molecule has 0 heterocycles. The fourth-order valence-electron chi connectivity index (χ4n) is 1.68. The van der Waals surface area contributed by atoms with E-state index in [0.29, 0.717) is 40.3 Å². The first-order chi connectivity index (χ1) is 10.2. The van der Waals surface area contributed by atoms with Gasteiger partial charge in [-0.15, -0.1) is 0 Å². The lowest BCUT2D eigenvalue weighted by atomic mass is 10.2. The average molecular weight is 326 g/mol. The van der Waals surface area contributed by atoms with Gasteiger partial charge in [0.25, 0.3) is 0 Å². The molecule has 0 amide bonds. The third-order valence-corrected chi connectivity index (χ3v) is 3.14. The molecular weight excluding hydrogens is 313 g/mol. The van der Waals surface area contributed by atoms with Crippen LogP contribution in [0.15, 0.2) is 47.6 Å². The fraction of sp³-hybridized carbons (Fsp3) is 0.133. The Kier molecular flexibility index (Phi) is 5.72. The number of para-hydroxylation sites is 1. The standard InChI is InChI=1S/C15H13Cl2NO3/c16-12-5-6-15(13(17)9-12)21-8-7-20-14-4-2-1-3-11(14)10-18-19/h1-6,9-10,19H,7-8H2. The van der Waals surface area contributed by atoms with Crippen LogP contribution in [0.5, 0.6) is 11.5 Å². The Hall–Kier alpha value is -1.91. The summed E-state index contributed by atoms with van der Waals surface area (Å²) in [5, 5.41) is 12.6. The minimum Gasteiger partial charge on any atom is -0.489 e. The lowest BCUT2D eigenvalue weighted by Crippen LogP contribution is -2.10. The maximum Gasteiger partial charge on any atom is 0.138 e. The lowest BCUT2D eigenvalue weighted by Gasteiger charge is -2.11. The van der Waals surface area contributed by atoms with Crippen molar-refractivity contribution in [2.75, 3.05) is 13.2 Å². The molecule has 4 nitrogen and oxygen atoms in total. The Morgan fingerprint density at radius 1 is 1.00 bits per heavy atom. The van der Waals surface area contributed by atoms with Gasteiger partial charge >= 0.3 is 0 Å². The van der Waals surface area contributed by atoms with Gasteiger partial charge in [0, 0.05) is 10.6 Å². The highest BCUT2D eigenvalue weighted by Crippen LogP contribution is 2.27. The second-order valence-corrected chi connectivity index (χ2v) is 4.90. The first-order valence-corrected chi connectivity index (χ1v) is 6.93. The van der Waals surface area contributed by atoms with Crippen LogP contribution in [0.2, 0.25) is 10.0 Å². The van der Waals surface area contributed by atoms with E-state index < -0.39 is 0 Å². The van der Waals surface area contributed by atoms with Gasteiger partial charge in [0.2, 0.25) is 0 Å². The molecule has 2 rings (SSSR count). The van der Waals surface area contributed by atoms with Crippen LogP contribution in [0.1, 0.15) is 5.56 Å². The van der Waals surface area contributed by atoms with E-state index in [4.69, 9.17) is 37.9 Å². The lowest BCUT2D eigenvalue weighted by molar-refractivity contribution is 0.217. The largest absolute Gasteiger partial charge is 0.489 e. The molecule has 21 heavy (non-hydrogen) atoms. The Balaban J connectivity index is 1.87. The molecule has 0 atom stereocenters. The van der Waals surface area contributed by atoms with E-state index in [1.165, 1.54) is 6.21 Å². The van der Waals surface area contributed by atoms with Crippen LogP contribution in [0.25, 0.3) is 0 Å². The van der Waals surface area contributed by atoms with E-state index in [1.807, 2.05) is 12.1 Å². The summed E-state index contributed by atoms with van der Waals surface area (Å²) in [6.07, 6.45) is 1.31. The van der Waals surface area contributed by atoms with Crippen molar-refractivity contribution in [3.05, 3.63) is 58.1 Å². The maximum atomic E-state index is 8.58. The molecular formula is C15H13Cl2NO3. The molecule has 0 fully saturated rings. The van der Waals surface area contributed by atoms with Crippen LogP contribution >= 0.6 is 23.2 Å². The second kappa shape index (κ2) is 7.76. The fourth-order valence-corrected chi connectivity index (χ4v) is 2.14. The van der Waals surface area contributed by atoms with Crippen molar-refractivity contribution >= 4 is 29.4 Å². The number of rotatable bonds is 6. The summed E-state index contributed by atoms with van der Waals surface area (Å²) in [4.78, 5) is 0. The molecule has 0 aliphatic heterocycles. The van der Waals surface area contributed by atoms with Crippen LogP contribution < -0.4 is 9.47 Å². The topological polar surface area (TPSA) is 51.1 Å². The molecule has 2 aromatic rings. The van der Waals surface area contributed by atoms with Crippen LogP contribution in [0.4, 0.5) is 0 Å². The normalized spacial score (nSPS) is 10.8. The maximum absolute atomic E-state index is 8.58. The minimum atomic E-state index is 0.325. The molecule has 0 aliphatic rings. The number of ether oxygens (including phenoxy) is 2. The third-order valence-electron chi connectivity index (χ3n) is 2.61. The zero-order valence-electron chi connectivity index (χ0n) is 11.0. The van der Waals surface area contributed by atoms with E-state index in [0.717, 1.165) is 0 Å². The number of benzene rings is 2. The number of halogens is 2. The summed E-state index contributed by atoms with van der Waals surface area (Å²) >= 11 is 11.8. The van der Waals surface area contributed by atoms with Crippen LogP contribution in [-0.4, -0.2) is 24.6 Å². The van der Waals surface area contributed by atoms with Gasteiger partial charge in [-0.3, -0.25) is 0 Å². The van der Waals surface area contributed by atoms with Crippen LogP contribution in [-0.2, 0) is 0 Å². The number of nitrogens with zero attached hydrogens (tertiary/aromatic N) is 1. The highest BCUT2D eigenvalue weighted by atomic mass is 35.5. The summed E-state index contributed by atoms with van der Waals surface area (Å²) < 4.78 is 11.1. The molecule has 0 bridgehead atoms. The van der Waals surface area contributed by atoms with E-state index >= 15 is 0 Å². The molecule has 0 aliphatic carbocycles. The predicted octanol–water partition coefficient (Wildman–Crippen LogP) is 4.26. The van der Waals surface area contributed by atoms with Crippen molar-refractivity contribution in [1.29, 1.82) is 0 Å². The predicted molar refractivity (Wildman–Crippen MR) is 83.3 cm³/mol. The van der Waals surface area contributed by atoms with E-state index in [2.05, 4.69) is 5.16 Å². The van der Waals surface area contributed by atoms with E-state index in [1.54, 1.807) is 30.3 Å². The molecule has 0 spiro atoms. The van der Waals surface area contributed by atoms with E-state index in [9.17, 15) is 0 Å². The quantitative estimate of drug-likeness (QED) is 0.373. The van der Waals surface area contributed by atoms with Gasteiger partial charge in [-0.2, -0.15) is 0 Å². The minimum absolute atomic E-state index is 0.325. The van der Waals surface area contributed by atoms with Crippen molar-refractivity contribution in [2.24, 2.45) is 5.16 Å². The Labute approximate surface area is 132 Å². The van der Waals surface area contributed by atoms with Gasteiger partial charge in [-0.1, -0.05) is 40.5 Å². The molecule has 110 valence electrons. The van der Waals surface area contributed by atoms with Crippen LogP contribution in [0.3, 0.4) is 0 Å². The number of hydrogen-bond acceptors (Lipinski definition) is 4. The molecule has 6 heteroatoms. The van der Waals surface area contributed by atoms with Gasteiger partial charge in [-0.25, -0.2) is 0 Å². The van der Waals surface area contributed by atoms with Gasteiger partial charge in [0.05, 0.1) is 11.2 Å². The van der Waals surface area contributed by atoms with Crippen molar-refractivity contribution in [1.82, 2.24) is 0 Å². The first kappa shape index (κ1) is 15.5. The Morgan fingerprint density at radius 3 is 2.43 bits per heavy atom. The SMILES string of the molecule is ON=Cc1ccccc1OCCOc1ccc(Cl)cc1Cl. The third kappa shape index (κ3) is 4.55. The molecule has 0 aromatic heterocycles. The van der Waals surface area contributed by atoms with Crippen LogP contribution in [0, 0.1) is 0 Å². The highest BCUT2D eigenvalue weighted by molar-refractivity contribution is 6.35. The van der Waals surface area contributed by atoms with Crippen molar-refractivity contribution in [3.63, 3.8) is 0 Å². The Morgan fingerprint density at radius 2 is 1.71 bits per heavy atom. The van der Waals surface area contributed by atoms with Gasteiger partial charge in [0.1, 0.15) is 24.7 Å². The smallest absolute Gasteiger partial charge is 0.138 e. The highest BCUT2D eigenvalue weighted by Gasteiger charge is 2.04. The summed E-state index contributed by atoms with van der Waals surface area (Å²) in [5.41, 5.74) is 0.685. The Bertz CT molecular complexity index is 632.